The smallest absolute Gasteiger partial charge is 0.240 e. The quantitative estimate of drug-likeness (QED) is 0.456. The van der Waals surface area contributed by atoms with Crippen molar-refractivity contribution in [2.45, 2.75) is 32.1 Å². The monoisotopic (exact) mass is 456 g/mol. The van der Waals surface area contributed by atoms with Crippen LogP contribution in [0.2, 0.25) is 0 Å². The molecule has 0 unspecified atom stereocenters. The summed E-state index contributed by atoms with van der Waals surface area (Å²) in [6, 6.07) is 12.8. The molecule has 0 fully saturated rings. The fraction of sp³-hybridized carbons (Fsp3) is 0.273. The molecule has 0 aliphatic rings. The lowest BCUT2D eigenvalue weighted by Crippen LogP contribution is -2.26. The van der Waals surface area contributed by atoms with Crippen LogP contribution >= 0.6 is 11.3 Å². The highest BCUT2D eigenvalue weighted by Gasteiger charge is 2.17. The van der Waals surface area contributed by atoms with E-state index in [2.05, 4.69) is 14.8 Å². The summed E-state index contributed by atoms with van der Waals surface area (Å²) in [6.07, 6.45) is 0.573. The lowest BCUT2D eigenvalue weighted by atomic mass is 10.1. The highest BCUT2D eigenvalue weighted by atomic mass is 32.2. The first kappa shape index (κ1) is 21.5. The number of methoxy groups -OCH3 is 1. The third-order valence-electron chi connectivity index (χ3n) is 5.29. The molecule has 9 heteroatoms. The Bertz CT molecular complexity index is 1340. The van der Waals surface area contributed by atoms with Crippen LogP contribution in [-0.4, -0.2) is 36.7 Å². The minimum Gasteiger partial charge on any atom is -0.497 e. The van der Waals surface area contributed by atoms with Crippen LogP contribution in [0.25, 0.3) is 16.3 Å². The van der Waals surface area contributed by atoms with E-state index in [0.717, 1.165) is 38.0 Å². The van der Waals surface area contributed by atoms with Crippen LogP contribution in [0.3, 0.4) is 0 Å². The van der Waals surface area contributed by atoms with Crippen molar-refractivity contribution in [2.75, 3.05) is 13.7 Å². The summed E-state index contributed by atoms with van der Waals surface area (Å²) in [6.45, 7) is 6.16. The molecule has 0 atom stereocenters. The molecule has 0 saturated heterocycles. The normalized spacial score (nSPS) is 11.9. The summed E-state index contributed by atoms with van der Waals surface area (Å²) < 4.78 is 34.9. The fourth-order valence-electron chi connectivity index (χ4n) is 3.24. The molecule has 0 aliphatic carbocycles. The van der Waals surface area contributed by atoms with Gasteiger partial charge < -0.3 is 4.74 Å². The summed E-state index contributed by atoms with van der Waals surface area (Å²) in [5.74, 6) is 1.44. The highest BCUT2D eigenvalue weighted by Crippen LogP contribution is 2.26. The fourth-order valence-corrected chi connectivity index (χ4v) is 5.41. The van der Waals surface area contributed by atoms with Crippen molar-refractivity contribution in [3.63, 3.8) is 0 Å². The van der Waals surface area contributed by atoms with Gasteiger partial charge in [-0.1, -0.05) is 17.4 Å². The van der Waals surface area contributed by atoms with Gasteiger partial charge in [-0.3, -0.25) is 0 Å². The van der Waals surface area contributed by atoms with Gasteiger partial charge in [-0.05, 0) is 74.7 Å². The molecule has 0 saturated carbocycles. The topological polar surface area (TPSA) is 85.6 Å². The number of rotatable bonds is 7. The number of nitrogens with zero attached hydrogens (tertiary/aromatic N) is 3. The predicted molar refractivity (Wildman–Crippen MR) is 122 cm³/mol. The van der Waals surface area contributed by atoms with E-state index in [1.807, 2.05) is 55.6 Å². The average molecular weight is 457 g/mol. The largest absolute Gasteiger partial charge is 0.497 e. The van der Waals surface area contributed by atoms with Gasteiger partial charge in [0, 0.05) is 17.0 Å². The van der Waals surface area contributed by atoms with Crippen molar-refractivity contribution >= 4 is 26.3 Å². The molecule has 0 radical (unpaired) electrons. The summed E-state index contributed by atoms with van der Waals surface area (Å²) in [4.78, 5) is 6.77. The number of hydrogen-bond acceptors (Lipinski definition) is 6. The Morgan fingerprint density at radius 2 is 1.81 bits per heavy atom. The Morgan fingerprint density at radius 3 is 2.45 bits per heavy atom. The van der Waals surface area contributed by atoms with Crippen molar-refractivity contribution in [1.29, 1.82) is 0 Å². The summed E-state index contributed by atoms with van der Waals surface area (Å²) >= 11 is 1.53. The number of ether oxygens (including phenoxy) is 1. The van der Waals surface area contributed by atoms with Gasteiger partial charge in [-0.15, -0.1) is 5.10 Å². The molecule has 0 spiro atoms. The number of hydrogen-bond donors (Lipinski definition) is 1. The van der Waals surface area contributed by atoms with Crippen LogP contribution < -0.4 is 9.46 Å². The molecular weight excluding hydrogens is 432 g/mol. The second-order valence-corrected chi connectivity index (χ2v) is 10.2. The van der Waals surface area contributed by atoms with E-state index < -0.39 is 10.0 Å². The Morgan fingerprint density at radius 1 is 1.06 bits per heavy atom. The average Bonchev–Trinajstić information content (AvgIpc) is 3.29. The first-order valence-corrected chi connectivity index (χ1v) is 12.1. The maximum Gasteiger partial charge on any atom is 0.240 e. The van der Waals surface area contributed by atoms with Crippen LogP contribution in [0.1, 0.15) is 21.7 Å². The van der Waals surface area contributed by atoms with Crippen molar-refractivity contribution in [1.82, 2.24) is 19.3 Å². The first-order valence-electron chi connectivity index (χ1n) is 9.85. The SMILES string of the molecule is COc1ccc(-c2nc3sc(CCNS(=O)(=O)c4ccc(C)c(C)c4)c(C)n3n2)cc1. The molecule has 2 aromatic carbocycles. The molecule has 0 aliphatic heterocycles. The van der Waals surface area contributed by atoms with Gasteiger partial charge >= 0.3 is 0 Å². The number of nitrogens with one attached hydrogen (secondary N) is 1. The van der Waals surface area contributed by atoms with Crippen LogP contribution in [-0.2, 0) is 16.4 Å². The molecular formula is C22H24N4O3S2. The summed E-state index contributed by atoms with van der Waals surface area (Å²) in [5, 5.41) is 4.62. The second kappa shape index (κ2) is 8.41. The minimum atomic E-state index is -3.54. The lowest BCUT2D eigenvalue weighted by Gasteiger charge is -2.08. The Kier molecular flexibility index (Phi) is 5.83. The molecule has 4 rings (SSSR count). The molecule has 2 heterocycles. The van der Waals surface area contributed by atoms with Crippen molar-refractivity contribution in [3.8, 4) is 17.1 Å². The van der Waals surface area contributed by atoms with Gasteiger partial charge in [0.2, 0.25) is 15.0 Å². The Hall–Kier alpha value is -2.75. The summed E-state index contributed by atoms with van der Waals surface area (Å²) in [7, 11) is -1.91. The maximum absolute atomic E-state index is 12.6. The van der Waals surface area contributed by atoms with E-state index >= 15 is 0 Å². The maximum atomic E-state index is 12.6. The van der Waals surface area contributed by atoms with Gasteiger partial charge in [0.25, 0.3) is 0 Å². The Balaban J connectivity index is 1.47. The van der Waals surface area contributed by atoms with Gasteiger partial charge in [0.15, 0.2) is 5.82 Å². The lowest BCUT2D eigenvalue weighted by molar-refractivity contribution is 0.415. The number of aromatic nitrogens is 3. The third kappa shape index (κ3) is 4.34. The number of aryl methyl sites for hydroxylation is 3. The van der Waals surface area contributed by atoms with Crippen molar-refractivity contribution < 1.29 is 13.2 Å². The van der Waals surface area contributed by atoms with Crippen LogP contribution in [0.5, 0.6) is 5.75 Å². The number of benzene rings is 2. The molecule has 4 aromatic rings. The molecule has 162 valence electrons. The standard InChI is InChI=1S/C22H24N4O3S2/c1-14-5-10-19(13-15(14)2)31(27,28)23-12-11-20-16(3)26-22(30-20)24-21(25-26)17-6-8-18(29-4)9-7-17/h5-10,13,23H,11-12H2,1-4H3. The number of fused-ring (bicyclic) bond motifs is 1. The molecule has 1 N–H and O–H groups in total. The van der Waals surface area contributed by atoms with E-state index in [1.165, 1.54) is 11.3 Å². The van der Waals surface area contributed by atoms with Crippen molar-refractivity contribution in [2.24, 2.45) is 0 Å². The van der Waals surface area contributed by atoms with E-state index in [4.69, 9.17) is 4.74 Å². The number of thiazole rings is 1. The molecule has 0 amide bonds. The highest BCUT2D eigenvalue weighted by molar-refractivity contribution is 7.89. The zero-order valence-electron chi connectivity index (χ0n) is 17.8. The molecule has 0 bridgehead atoms. The van der Waals surface area contributed by atoms with E-state index in [0.29, 0.717) is 23.7 Å². The number of sulfonamides is 1. The van der Waals surface area contributed by atoms with E-state index in [9.17, 15) is 8.42 Å². The van der Waals surface area contributed by atoms with Gasteiger partial charge in [-0.25, -0.2) is 17.7 Å². The van der Waals surface area contributed by atoms with E-state index in [1.54, 1.807) is 19.2 Å². The molecule has 7 nitrogen and oxygen atoms in total. The van der Waals surface area contributed by atoms with Crippen LogP contribution in [0.4, 0.5) is 0 Å². The second-order valence-electron chi connectivity index (χ2n) is 7.36. The van der Waals surface area contributed by atoms with Crippen LogP contribution in [0.15, 0.2) is 47.4 Å². The van der Waals surface area contributed by atoms with E-state index in [-0.39, 0.29) is 0 Å². The van der Waals surface area contributed by atoms with Gasteiger partial charge in [0.05, 0.1) is 17.7 Å². The zero-order chi connectivity index (χ0) is 22.2. The minimum absolute atomic E-state index is 0.291. The van der Waals surface area contributed by atoms with Crippen LogP contribution in [0, 0.1) is 20.8 Å². The van der Waals surface area contributed by atoms with Crippen molar-refractivity contribution in [3.05, 3.63) is 64.2 Å². The summed E-state index contributed by atoms with van der Waals surface area (Å²) in [5.41, 5.74) is 3.91. The zero-order valence-corrected chi connectivity index (χ0v) is 19.5. The van der Waals surface area contributed by atoms with Gasteiger partial charge in [0.1, 0.15) is 5.75 Å². The third-order valence-corrected chi connectivity index (χ3v) is 7.95. The molecule has 31 heavy (non-hydrogen) atoms. The Labute approximate surface area is 185 Å². The first-order chi connectivity index (χ1) is 14.8. The molecule has 2 aromatic heterocycles. The van der Waals surface area contributed by atoms with Gasteiger partial charge in [-0.2, -0.15) is 4.98 Å². The predicted octanol–water partition coefficient (Wildman–Crippen LogP) is 3.91.